The standard InChI is InChI=1S/C16H30N4O4S/c1-15(2,3)20-18-14(17-19-20)10-13(21)16(4,5)25(22,23)11-12-6-8-24-9-7-12/h12,19H,6-11H2,1-5H3,(H,17,18). The Morgan fingerprint density at radius 1 is 1.24 bits per heavy atom. The minimum Gasteiger partial charge on any atom is -0.381 e. The van der Waals surface area contributed by atoms with Crippen LogP contribution in [0, 0.1) is 5.92 Å². The van der Waals surface area contributed by atoms with Crippen molar-refractivity contribution in [2.24, 2.45) is 11.0 Å². The molecule has 0 amide bonds. The summed E-state index contributed by atoms with van der Waals surface area (Å²) in [6.07, 6.45) is 1.39. The molecular formula is C16H30N4O4S. The van der Waals surface area contributed by atoms with E-state index in [1.165, 1.54) is 13.8 Å². The number of hydrazone groups is 1. The summed E-state index contributed by atoms with van der Waals surface area (Å²) in [6, 6.07) is 0. The highest BCUT2D eigenvalue weighted by atomic mass is 32.2. The van der Waals surface area contributed by atoms with Gasteiger partial charge in [-0.3, -0.25) is 10.2 Å². The van der Waals surface area contributed by atoms with Gasteiger partial charge >= 0.3 is 0 Å². The van der Waals surface area contributed by atoms with Crippen molar-refractivity contribution in [2.45, 2.75) is 64.2 Å². The molecule has 0 unspecified atom stereocenters. The molecule has 0 aromatic heterocycles. The van der Waals surface area contributed by atoms with Crippen LogP contribution >= 0.6 is 0 Å². The second-order valence-corrected chi connectivity index (χ2v) is 10.8. The molecule has 0 aromatic carbocycles. The summed E-state index contributed by atoms with van der Waals surface area (Å²) in [4.78, 5) is 12.7. The lowest BCUT2D eigenvalue weighted by Gasteiger charge is -2.30. The minimum absolute atomic E-state index is 0.0291. The number of hydrogen-bond donors (Lipinski definition) is 2. The largest absolute Gasteiger partial charge is 0.381 e. The monoisotopic (exact) mass is 374 g/mol. The van der Waals surface area contributed by atoms with Crippen LogP contribution in [-0.4, -0.2) is 54.4 Å². The van der Waals surface area contributed by atoms with Crippen LogP contribution in [0.3, 0.4) is 0 Å². The molecule has 9 heteroatoms. The Morgan fingerprint density at radius 3 is 2.36 bits per heavy atom. The van der Waals surface area contributed by atoms with E-state index in [0.717, 1.165) is 12.8 Å². The first-order valence-corrected chi connectivity index (χ1v) is 10.3. The summed E-state index contributed by atoms with van der Waals surface area (Å²) in [5.41, 5.74) is 5.57. The molecule has 0 spiro atoms. The molecule has 1 fully saturated rings. The number of amidine groups is 1. The van der Waals surface area contributed by atoms with Crippen molar-refractivity contribution in [3.8, 4) is 0 Å². The number of hydrogen-bond acceptors (Lipinski definition) is 8. The molecule has 2 aliphatic rings. The van der Waals surface area contributed by atoms with Gasteiger partial charge in [-0.05, 0) is 53.4 Å². The Hall–Kier alpha value is -1.19. The van der Waals surface area contributed by atoms with Gasteiger partial charge in [0.15, 0.2) is 15.6 Å². The van der Waals surface area contributed by atoms with Gasteiger partial charge in [0, 0.05) is 13.2 Å². The van der Waals surface area contributed by atoms with E-state index in [0.29, 0.717) is 19.0 Å². The molecule has 2 aliphatic heterocycles. The van der Waals surface area contributed by atoms with E-state index in [-0.39, 0.29) is 29.4 Å². The van der Waals surface area contributed by atoms with Crippen molar-refractivity contribution in [3.05, 3.63) is 0 Å². The van der Waals surface area contributed by atoms with Crippen molar-refractivity contribution in [3.63, 3.8) is 0 Å². The Morgan fingerprint density at radius 2 is 1.84 bits per heavy atom. The van der Waals surface area contributed by atoms with Gasteiger partial charge in [-0.1, -0.05) is 0 Å². The third-order valence-electron chi connectivity index (χ3n) is 4.77. The van der Waals surface area contributed by atoms with Gasteiger partial charge < -0.3 is 4.74 Å². The number of ketones is 1. The topological polar surface area (TPSA) is 100 Å². The van der Waals surface area contributed by atoms with Crippen LogP contribution < -0.4 is 11.0 Å². The molecule has 0 saturated carbocycles. The maximum atomic E-state index is 12.8. The fourth-order valence-corrected chi connectivity index (χ4v) is 4.45. The molecule has 25 heavy (non-hydrogen) atoms. The van der Waals surface area contributed by atoms with E-state index >= 15 is 0 Å². The first-order chi connectivity index (χ1) is 11.4. The van der Waals surface area contributed by atoms with E-state index in [2.05, 4.69) is 16.1 Å². The number of ether oxygens (including phenoxy) is 1. The van der Waals surface area contributed by atoms with E-state index in [1.54, 1.807) is 5.12 Å². The van der Waals surface area contributed by atoms with Gasteiger partial charge in [0.05, 0.1) is 17.7 Å². The molecule has 2 N–H and O–H groups in total. The first kappa shape index (κ1) is 20.1. The van der Waals surface area contributed by atoms with Crippen LogP contribution in [0.4, 0.5) is 0 Å². The first-order valence-electron chi connectivity index (χ1n) is 8.66. The summed E-state index contributed by atoms with van der Waals surface area (Å²) < 4.78 is 29.5. The third-order valence-corrected chi connectivity index (χ3v) is 7.46. The number of hydrazine groups is 2. The second-order valence-electron chi connectivity index (χ2n) is 8.22. The zero-order valence-electron chi connectivity index (χ0n) is 15.8. The van der Waals surface area contributed by atoms with Crippen LogP contribution in [0.1, 0.15) is 53.9 Å². The molecule has 2 heterocycles. The third kappa shape index (κ3) is 4.71. The van der Waals surface area contributed by atoms with Crippen molar-refractivity contribution < 1.29 is 17.9 Å². The molecule has 1 saturated heterocycles. The molecule has 144 valence electrons. The van der Waals surface area contributed by atoms with Crippen LogP contribution in [-0.2, 0) is 19.4 Å². The molecule has 0 aliphatic carbocycles. The lowest BCUT2D eigenvalue weighted by atomic mass is 10.0. The average Bonchev–Trinajstić information content (AvgIpc) is 2.96. The highest BCUT2D eigenvalue weighted by Crippen LogP contribution is 2.26. The number of Topliss-reactive ketones (excluding diaryl/α,β-unsaturated/α-hetero) is 1. The normalized spacial score (nSPS) is 20.8. The van der Waals surface area contributed by atoms with Gasteiger partial charge in [-0.25, -0.2) is 14.0 Å². The maximum absolute atomic E-state index is 12.8. The number of rotatable bonds is 6. The molecule has 0 radical (unpaired) electrons. The number of nitrogens with one attached hydrogen (secondary N) is 2. The van der Waals surface area contributed by atoms with Gasteiger partial charge in [-0.15, -0.1) is 10.2 Å². The molecule has 0 bridgehead atoms. The fourth-order valence-electron chi connectivity index (χ4n) is 2.66. The lowest BCUT2D eigenvalue weighted by molar-refractivity contribution is -0.119. The second kappa shape index (κ2) is 7.20. The van der Waals surface area contributed by atoms with Crippen molar-refractivity contribution in [1.29, 1.82) is 0 Å². The quantitative estimate of drug-likeness (QED) is 0.715. The average molecular weight is 375 g/mol. The summed E-state index contributed by atoms with van der Waals surface area (Å²) in [6.45, 7) is 10.1. The zero-order valence-corrected chi connectivity index (χ0v) is 16.6. The summed E-state index contributed by atoms with van der Waals surface area (Å²) >= 11 is 0. The number of sulfone groups is 1. The lowest BCUT2D eigenvalue weighted by Crippen LogP contribution is -2.53. The molecule has 0 aromatic rings. The van der Waals surface area contributed by atoms with Gasteiger partial charge in [0.2, 0.25) is 0 Å². The SMILES string of the molecule is CC(C)(C)N1NN=C(CC(=O)C(C)(C)S(=O)(=O)CC2CCOCC2)N1. The van der Waals surface area contributed by atoms with Gasteiger partial charge in [0.25, 0.3) is 0 Å². The number of nitrogens with zero attached hydrogens (tertiary/aromatic N) is 2. The van der Waals surface area contributed by atoms with Crippen LogP contribution in [0.25, 0.3) is 0 Å². The van der Waals surface area contributed by atoms with Crippen LogP contribution in [0.2, 0.25) is 0 Å². The van der Waals surface area contributed by atoms with E-state index in [9.17, 15) is 13.2 Å². The zero-order chi connectivity index (χ0) is 18.9. The van der Waals surface area contributed by atoms with Crippen LogP contribution in [0.5, 0.6) is 0 Å². The van der Waals surface area contributed by atoms with Crippen LogP contribution in [0.15, 0.2) is 5.10 Å². The molecule has 0 atom stereocenters. The molecular weight excluding hydrogens is 344 g/mol. The summed E-state index contributed by atoms with van der Waals surface area (Å²) in [7, 11) is -3.56. The Balaban J connectivity index is 1.99. The molecule has 8 nitrogen and oxygen atoms in total. The van der Waals surface area contributed by atoms with Gasteiger partial charge in [-0.2, -0.15) is 0 Å². The Bertz CT molecular complexity index is 631. The van der Waals surface area contributed by atoms with Gasteiger partial charge in [0.1, 0.15) is 10.6 Å². The predicted octanol–water partition coefficient (Wildman–Crippen LogP) is 1.00. The number of carbonyl (C=O) groups excluding carboxylic acids is 1. The van der Waals surface area contributed by atoms with Crippen molar-refractivity contribution >= 4 is 21.5 Å². The number of carbonyl (C=O) groups is 1. The predicted molar refractivity (Wildman–Crippen MR) is 96.3 cm³/mol. The smallest absolute Gasteiger partial charge is 0.162 e. The highest BCUT2D eigenvalue weighted by Gasteiger charge is 2.43. The Kier molecular flexibility index (Phi) is 5.80. The maximum Gasteiger partial charge on any atom is 0.162 e. The molecule has 2 rings (SSSR count). The van der Waals surface area contributed by atoms with E-state index in [4.69, 9.17) is 4.74 Å². The summed E-state index contributed by atoms with van der Waals surface area (Å²) in [5.74, 6) is 0.157. The summed E-state index contributed by atoms with van der Waals surface area (Å²) in [5, 5.41) is 5.76. The minimum atomic E-state index is -3.56. The van der Waals surface area contributed by atoms with E-state index < -0.39 is 14.6 Å². The Labute approximate surface area is 150 Å². The van der Waals surface area contributed by atoms with Crippen molar-refractivity contribution in [2.75, 3.05) is 19.0 Å². The van der Waals surface area contributed by atoms with Crippen molar-refractivity contribution in [1.82, 2.24) is 16.1 Å². The van der Waals surface area contributed by atoms with E-state index in [1.807, 2.05) is 20.8 Å². The highest BCUT2D eigenvalue weighted by molar-refractivity contribution is 7.93. The fraction of sp³-hybridized carbons (Fsp3) is 0.875.